The molecule has 0 spiro atoms. The summed E-state index contributed by atoms with van der Waals surface area (Å²) < 4.78 is 7.16. The van der Waals surface area contributed by atoms with Crippen LogP contribution in [0.5, 0.6) is 5.75 Å². The van der Waals surface area contributed by atoms with E-state index < -0.39 is 6.03 Å². The molecule has 9 heteroatoms. The molecule has 2 rings (SSSR count). The molecule has 0 aliphatic heterocycles. The number of aromatic nitrogens is 3. The van der Waals surface area contributed by atoms with E-state index in [4.69, 9.17) is 4.74 Å². The summed E-state index contributed by atoms with van der Waals surface area (Å²) in [5, 5.41) is 14.1. The fraction of sp³-hybridized carbons (Fsp3) is 0.474. The van der Waals surface area contributed by atoms with Crippen molar-refractivity contribution in [3.8, 4) is 17.1 Å². The van der Waals surface area contributed by atoms with Crippen LogP contribution >= 0.6 is 11.8 Å². The number of carbonyl (C=O) groups excluding carboxylic acids is 2. The van der Waals surface area contributed by atoms with Crippen LogP contribution in [-0.4, -0.2) is 46.1 Å². The Bertz CT molecular complexity index is 802. The third kappa shape index (κ3) is 5.98. The molecule has 0 saturated heterocycles. The Kier molecular flexibility index (Phi) is 7.86. The molecule has 152 valence electrons. The van der Waals surface area contributed by atoms with E-state index in [1.165, 1.54) is 11.8 Å². The maximum atomic E-state index is 12.0. The maximum absolute atomic E-state index is 12.0. The van der Waals surface area contributed by atoms with Gasteiger partial charge in [0.2, 0.25) is 5.91 Å². The Morgan fingerprint density at radius 3 is 2.39 bits per heavy atom. The van der Waals surface area contributed by atoms with Gasteiger partial charge in [0, 0.05) is 18.2 Å². The second kappa shape index (κ2) is 10.1. The number of methoxy groups -OCH3 is 1. The molecule has 0 aliphatic carbocycles. The fourth-order valence-electron chi connectivity index (χ4n) is 2.41. The van der Waals surface area contributed by atoms with Crippen LogP contribution in [0.4, 0.5) is 4.79 Å². The number of hydrogen-bond acceptors (Lipinski definition) is 6. The number of thioether (sulfide) groups is 1. The zero-order valence-corrected chi connectivity index (χ0v) is 17.7. The van der Waals surface area contributed by atoms with E-state index in [1.807, 2.05) is 56.5 Å². The van der Waals surface area contributed by atoms with Crippen LogP contribution in [-0.2, 0) is 4.79 Å². The molecule has 0 aliphatic rings. The third-order valence-corrected chi connectivity index (χ3v) is 4.73. The van der Waals surface area contributed by atoms with Gasteiger partial charge in [0.05, 0.1) is 12.9 Å². The van der Waals surface area contributed by atoms with Gasteiger partial charge < -0.3 is 10.1 Å². The van der Waals surface area contributed by atoms with E-state index in [9.17, 15) is 9.59 Å². The van der Waals surface area contributed by atoms with E-state index in [0.29, 0.717) is 17.6 Å². The van der Waals surface area contributed by atoms with Gasteiger partial charge in [0.15, 0.2) is 11.0 Å². The first kappa shape index (κ1) is 21.7. The normalized spacial score (nSPS) is 11.0. The second-order valence-corrected chi connectivity index (χ2v) is 7.88. The minimum atomic E-state index is -0.483. The van der Waals surface area contributed by atoms with Gasteiger partial charge in [-0.25, -0.2) is 4.79 Å². The Balaban J connectivity index is 2.04. The molecule has 0 unspecified atom stereocenters. The number of carbonyl (C=O) groups is 2. The highest BCUT2D eigenvalue weighted by Crippen LogP contribution is 2.28. The summed E-state index contributed by atoms with van der Waals surface area (Å²) in [6.45, 7) is 8.53. The van der Waals surface area contributed by atoms with Gasteiger partial charge in [-0.3, -0.25) is 14.7 Å². The summed E-state index contributed by atoms with van der Waals surface area (Å²) >= 11 is 1.25. The molecule has 0 radical (unpaired) electrons. The number of benzene rings is 1. The third-order valence-electron chi connectivity index (χ3n) is 3.79. The smallest absolute Gasteiger partial charge is 0.321 e. The lowest BCUT2D eigenvalue weighted by molar-refractivity contribution is -0.117. The van der Waals surface area contributed by atoms with Crippen LogP contribution in [0.15, 0.2) is 29.4 Å². The molecule has 8 nitrogen and oxygen atoms in total. The lowest BCUT2D eigenvalue weighted by Crippen LogP contribution is -2.41. The second-order valence-electron chi connectivity index (χ2n) is 6.94. The standard InChI is InChI=1S/C19H27N5O3S/c1-12(2)10-20-18(26)21-16(25)11-28-19-23-22-17(24(19)13(3)4)14-6-8-15(27-5)9-7-14/h6-9,12-13H,10-11H2,1-5H3,(H2,20,21,25,26). The van der Waals surface area contributed by atoms with E-state index in [-0.39, 0.29) is 17.7 Å². The molecule has 2 N–H and O–H groups in total. The Morgan fingerprint density at radius 1 is 1.14 bits per heavy atom. The first-order valence-corrected chi connectivity index (χ1v) is 10.1. The number of amides is 3. The average molecular weight is 406 g/mol. The predicted molar refractivity (Wildman–Crippen MR) is 109 cm³/mol. The van der Waals surface area contributed by atoms with E-state index >= 15 is 0 Å². The van der Waals surface area contributed by atoms with Crippen molar-refractivity contribution in [2.24, 2.45) is 5.92 Å². The van der Waals surface area contributed by atoms with Crippen molar-refractivity contribution < 1.29 is 14.3 Å². The maximum Gasteiger partial charge on any atom is 0.321 e. The lowest BCUT2D eigenvalue weighted by Gasteiger charge is -2.14. The van der Waals surface area contributed by atoms with Crippen LogP contribution in [0.25, 0.3) is 11.4 Å². The Hall–Kier alpha value is -2.55. The summed E-state index contributed by atoms with van der Waals surface area (Å²) in [5.74, 6) is 1.49. The monoisotopic (exact) mass is 405 g/mol. The number of hydrogen-bond donors (Lipinski definition) is 2. The molecule has 2 aromatic rings. The van der Waals surface area contributed by atoms with Crippen LogP contribution in [0.2, 0.25) is 0 Å². The fourth-order valence-corrected chi connectivity index (χ4v) is 3.28. The van der Waals surface area contributed by atoms with Gasteiger partial charge in [-0.15, -0.1) is 10.2 Å². The van der Waals surface area contributed by atoms with Gasteiger partial charge in [-0.2, -0.15) is 0 Å². The average Bonchev–Trinajstić information content (AvgIpc) is 3.09. The SMILES string of the molecule is COc1ccc(-c2nnc(SCC(=O)NC(=O)NCC(C)C)n2C(C)C)cc1. The molecule has 28 heavy (non-hydrogen) atoms. The highest BCUT2D eigenvalue weighted by molar-refractivity contribution is 7.99. The lowest BCUT2D eigenvalue weighted by atomic mass is 10.2. The molecule has 0 fully saturated rings. The molecular weight excluding hydrogens is 378 g/mol. The molecule has 1 aromatic carbocycles. The predicted octanol–water partition coefficient (Wildman–Crippen LogP) is 3.11. The minimum Gasteiger partial charge on any atom is -0.497 e. The van der Waals surface area contributed by atoms with Crippen LogP contribution in [0, 0.1) is 5.92 Å². The van der Waals surface area contributed by atoms with Crippen LogP contribution in [0.3, 0.4) is 0 Å². The number of urea groups is 1. The zero-order chi connectivity index (χ0) is 20.7. The molecule has 0 atom stereocenters. The Morgan fingerprint density at radius 2 is 1.82 bits per heavy atom. The van der Waals surface area contributed by atoms with Crippen LogP contribution < -0.4 is 15.4 Å². The largest absolute Gasteiger partial charge is 0.497 e. The number of nitrogens with zero attached hydrogens (tertiary/aromatic N) is 3. The van der Waals surface area contributed by atoms with Crippen molar-refractivity contribution in [3.05, 3.63) is 24.3 Å². The van der Waals surface area contributed by atoms with E-state index in [1.54, 1.807) is 7.11 Å². The van der Waals surface area contributed by atoms with E-state index in [0.717, 1.165) is 17.1 Å². The quantitative estimate of drug-likeness (QED) is 0.655. The van der Waals surface area contributed by atoms with Gasteiger partial charge in [0.1, 0.15) is 5.75 Å². The van der Waals surface area contributed by atoms with Gasteiger partial charge in [0.25, 0.3) is 0 Å². The van der Waals surface area contributed by atoms with Crippen molar-refractivity contribution in [2.75, 3.05) is 19.4 Å². The Labute approximate surface area is 169 Å². The van der Waals surface area contributed by atoms with Crippen molar-refractivity contribution in [1.82, 2.24) is 25.4 Å². The molecular formula is C19H27N5O3S. The van der Waals surface area contributed by atoms with Gasteiger partial charge in [-0.1, -0.05) is 25.6 Å². The van der Waals surface area contributed by atoms with Gasteiger partial charge in [-0.05, 0) is 44.0 Å². The first-order chi connectivity index (χ1) is 13.3. The summed E-state index contributed by atoms with van der Waals surface area (Å²) in [4.78, 5) is 23.7. The topological polar surface area (TPSA) is 98.1 Å². The number of ether oxygens (including phenoxy) is 1. The summed E-state index contributed by atoms with van der Waals surface area (Å²) in [7, 11) is 1.62. The zero-order valence-electron chi connectivity index (χ0n) is 16.9. The minimum absolute atomic E-state index is 0.0720. The molecule has 0 bridgehead atoms. The summed E-state index contributed by atoms with van der Waals surface area (Å²) in [6.07, 6.45) is 0. The van der Waals surface area contributed by atoms with Crippen LogP contribution in [0.1, 0.15) is 33.7 Å². The number of rotatable bonds is 8. The summed E-state index contributed by atoms with van der Waals surface area (Å²) in [6, 6.07) is 7.19. The molecule has 3 amide bonds. The summed E-state index contributed by atoms with van der Waals surface area (Å²) in [5.41, 5.74) is 0.909. The van der Waals surface area contributed by atoms with Gasteiger partial charge >= 0.3 is 6.03 Å². The van der Waals surface area contributed by atoms with Crippen molar-refractivity contribution in [2.45, 2.75) is 38.9 Å². The molecule has 0 saturated carbocycles. The number of imide groups is 1. The number of nitrogens with one attached hydrogen (secondary N) is 2. The van der Waals surface area contributed by atoms with E-state index in [2.05, 4.69) is 20.8 Å². The highest BCUT2D eigenvalue weighted by Gasteiger charge is 2.18. The van der Waals surface area contributed by atoms with Crippen molar-refractivity contribution >= 4 is 23.7 Å². The highest BCUT2D eigenvalue weighted by atomic mass is 32.2. The first-order valence-electron chi connectivity index (χ1n) is 9.11. The van der Waals surface area contributed by atoms with Crippen molar-refractivity contribution in [3.63, 3.8) is 0 Å². The van der Waals surface area contributed by atoms with Crippen molar-refractivity contribution in [1.29, 1.82) is 0 Å². The molecule has 1 aromatic heterocycles. The molecule has 1 heterocycles.